The number of nitrogens with one attached hydrogen (secondary N) is 1. The van der Waals surface area contributed by atoms with Crippen LogP contribution >= 0.6 is 0 Å². The molecular weight excluding hydrogens is 238 g/mol. The minimum atomic E-state index is 0.690. The van der Waals surface area contributed by atoms with Crippen molar-refractivity contribution in [3.8, 4) is 0 Å². The van der Waals surface area contributed by atoms with Crippen LogP contribution in [0.2, 0.25) is 0 Å². The van der Waals surface area contributed by atoms with Gasteiger partial charge in [-0.25, -0.2) is 0 Å². The molecule has 0 amide bonds. The molecule has 5 heteroatoms. The number of fused-ring (bicyclic) bond motifs is 1. The summed E-state index contributed by atoms with van der Waals surface area (Å²) < 4.78 is 1.79. The fourth-order valence-electron chi connectivity index (χ4n) is 2.12. The molecule has 0 fully saturated rings. The minimum Gasteiger partial charge on any atom is -0.364 e. The number of nitrogens with zero attached hydrogens (tertiary/aromatic N) is 4. The first kappa shape index (κ1) is 11.6. The summed E-state index contributed by atoms with van der Waals surface area (Å²) in [6.45, 7) is 2.66. The molecule has 1 aromatic carbocycles. The lowest BCUT2D eigenvalue weighted by atomic mass is 10.1. The van der Waals surface area contributed by atoms with Gasteiger partial charge in [-0.2, -0.15) is 10.2 Å². The van der Waals surface area contributed by atoms with E-state index in [2.05, 4.69) is 32.7 Å². The van der Waals surface area contributed by atoms with E-state index in [1.165, 1.54) is 0 Å². The quantitative estimate of drug-likeness (QED) is 0.778. The third-order valence-corrected chi connectivity index (χ3v) is 3.09. The number of hydrogen-bond donors (Lipinski definition) is 1. The fraction of sp³-hybridized carbons (Fsp3) is 0.214. The van der Waals surface area contributed by atoms with E-state index in [1.807, 2.05) is 38.5 Å². The first-order valence-corrected chi connectivity index (χ1v) is 6.17. The monoisotopic (exact) mass is 253 g/mol. The molecule has 0 aliphatic carbocycles. The Hall–Kier alpha value is -2.43. The van der Waals surface area contributed by atoms with Gasteiger partial charge in [-0.1, -0.05) is 24.3 Å². The zero-order valence-corrected chi connectivity index (χ0v) is 11.0. The summed E-state index contributed by atoms with van der Waals surface area (Å²) in [7, 11) is 1.91. The number of hydrogen-bond acceptors (Lipinski definition) is 4. The molecule has 0 aliphatic rings. The maximum absolute atomic E-state index is 4.24. The van der Waals surface area contributed by atoms with E-state index in [1.54, 1.807) is 4.68 Å². The highest BCUT2D eigenvalue weighted by Crippen LogP contribution is 2.22. The van der Waals surface area contributed by atoms with Crippen molar-refractivity contribution in [2.45, 2.75) is 13.5 Å². The van der Waals surface area contributed by atoms with Gasteiger partial charge >= 0.3 is 0 Å². The summed E-state index contributed by atoms with van der Waals surface area (Å²) >= 11 is 0. The van der Waals surface area contributed by atoms with Gasteiger partial charge in [0.05, 0.1) is 11.9 Å². The van der Waals surface area contributed by atoms with Crippen LogP contribution in [0.5, 0.6) is 0 Å². The van der Waals surface area contributed by atoms with Crippen LogP contribution in [0.25, 0.3) is 10.8 Å². The second-order valence-electron chi connectivity index (χ2n) is 4.56. The summed E-state index contributed by atoms with van der Waals surface area (Å²) in [4.78, 5) is 0. The maximum atomic E-state index is 4.24. The number of aromatic nitrogens is 4. The van der Waals surface area contributed by atoms with Crippen molar-refractivity contribution in [3.05, 3.63) is 47.9 Å². The zero-order valence-electron chi connectivity index (χ0n) is 11.0. The van der Waals surface area contributed by atoms with Gasteiger partial charge < -0.3 is 5.32 Å². The molecule has 2 heterocycles. The molecule has 0 saturated carbocycles. The molecule has 0 atom stereocenters. The van der Waals surface area contributed by atoms with E-state index < -0.39 is 0 Å². The molecule has 0 aliphatic heterocycles. The van der Waals surface area contributed by atoms with Gasteiger partial charge in [0, 0.05) is 36.1 Å². The number of anilines is 1. The van der Waals surface area contributed by atoms with Crippen molar-refractivity contribution in [2.24, 2.45) is 7.05 Å². The predicted octanol–water partition coefficient (Wildman–Crippen LogP) is 2.28. The molecule has 3 rings (SSSR count). The Morgan fingerprint density at radius 3 is 2.68 bits per heavy atom. The minimum absolute atomic E-state index is 0.690. The fourth-order valence-corrected chi connectivity index (χ4v) is 2.12. The summed E-state index contributed by atoms with van der Waals surface area (Å²) in [5, 5.41) is 18.1. The van der Waals surface area contributed by atoms with Gasteiger partial charge in [0.1, 0.15) is 0 Å². The van der Waals surface area contributed by atoms with E-state index >= 15 is 0 Å². The van der Waals surface area contributed by atoms with Gasteiger partial charge in [0.25, 0.3) is 0 Å². The van der Waals surface area contributed by atoms with Crippen LogP contribution in [0.4, 0.5) is 5.82 Å². The Balaban J connectivity index is 1.91. The summed E-state index contributed by atoms with van der Waals surface area (Å²) in [5.41, 5.74) is 2.07. The van der Waals surface area contributed by atoms with Crippen LogP contribution in [0.1, 0.15) is 11.3 Å². The maximum Gasteiger partial charge on any atom is 0.156 e. The van der Waals surface area contributed by atoms with Crippen molar-refractivity contribution in [1.82, 2.24) is 20.0 Å². The molecule has 1 N–H and O–H groups in total. The van der Waals surface area contributed by atoms with Gasteiger partial charge in [-0.3, -0.25) is 4.68 Å². The molecule has 96 valence electrons. The third kappa shape index (κ3) is 2.27. The SMILES string of the molecule is Cc1nnc(NCc2cnn(C)c2)c2ccccc12. The largest absolute Gasteiger partial charge is 0.364 e. The lowest BCUT2D eigenvalue weighted by molar-refractivity contribution is 0.767. The summed E-state index contributed by atoms with van der Waals surface area (Å²) in [6.07, 6.45) is 3.83. The Morgan fingerprint density at radius 2 is 1.95 bits per heavy atom. The molecule has 2 aromatic heterocycles. The molecule has 3 aromatic rings. The third-order valence-electron chi connectivity index (χ3n) is 3.09. The topological polar surface area (TPSA) is 55.6 Å². The highest BCUT2D eigenvalue weighted by Gasteiger charge is 2.06. The second-order valence-corrected chi connectivity index (χ2v) is 4.56. The molecule has 0 unspecified atom stereocenters. The Labute approximate surface area is 111 Å². The highest BCUT2D eigenvalue weighted by molar-refractivity contribution is 5.92. The molecular formula is C14H15N5. The highest BCUT2D eigenvalue weighted by atomic mass is 15.2. The van der Waals surface area contributed by atoms with E-state index in [0.29, 0.717) is 6.54 Å². The molecule has 0 spiro atoms. The van der Waals surface area contributed by atoms with Gasteiger partial charge in [0.2, 0.25) is 0 Å². The Morgan fingerprint density at radius 1 is 1.16 bits per heavy atom. The molecule has 0 saturated heterocycles. The second kappa shape index (κ2) is 4.68. The van der Waals surface area contributed by atoms with Crippen LogP contribution < -0.4 is 5.32 Å². The summed E-state index contributed by atoms with van der Waals surface area (Å²) in [5.74, 6) is 0.810. The van der Waals surface area contributed by atoms with Crippen LogP contribution in [-0.4, -0.2) is 20.0 Å². The van der Waals surface area contributed by atoms with Crippen molar-refractivity contribution in [3.63, 3.8) is 0 Å². The zero-order chi connectivity index (χ0) is 13.2. The lowest BCUT2D eigenvalue weighted by Gasteiger charge is -2.08. The van der Waals surface area contributed by atoms with Crippen molar-refractivity contribution >= 4 is 16.6 Å². The average Bonchev–Trinajstić information content (AvgIpc) is 2.84. The van der Waals surface area contributed by atoms with Crippen molar-refractivity contribution in [2.75, 3.05) is 5.32 Å². The average molecular weight is 253 g/mol. The standard InChI is InChI=1S/C14H15N5/c1-10-12-5-3-4-6-13(12)14(18-17-10)15-7-11-8-16-19(2)9-11/h3-6,8-9H,7H2,1-2H3,(H,15,18). The summed E-state index contributed by atoms with van der Waals surface area (Å²) in [6, 6.07) is 8.15. The Kier molecular flexibility index (Phi) is 2.87. The van der Waals surface area contributed by atoms with Crippen molar-refractivity contribution in [1.29, 1.82) is 0 Å². The first-order chi connectivity index (χ1) is 9.24. The van der Waals surface area contributed by atoms with Crippen molar-refractivity contribution < 1.29 is 0 Å². The van der Waals surface area contributed by atoms with E-state index in [4.69, 9.17) is 0 Å². The van der Waals surface area contributed by atoms with Gasteiger partial charge in [0.15, 0.2) is 5.82 Å². The van der Waals surface area contributed by atoms with E-state index in [-0.39, 0.29) is 0 Å². The predicted molar refractivity (Wildman–Crippen MR) is 74.8 cm³/mol. The van der Waals surface area contributed by atoms with Crippen LogP contribution in [-0.2, 0) is 13.6 Å². The van der Waals surface area contributed by atoms with E-state index in [0.717, 1.165) is 27.8 Å². The lowest BCUT2D eigenvalue weighted by Crippen LogP contribution is -2.03. The molecule has 0 radical (unpaired) electrons. The van der Waals surface area contributed by atoms with Crippen LogP contribution in [0, 0.1) is 6.92 Å². The first-order valence-electron chi connectivity index (χ1n) is 6.17. The van der Waals surface area contributed by atoms with Crippen LogP contribution in [0.3, 0.4) is 0 Å². The number of aryl methyl sites for hydroxylation is 2. The molecule has 5 nitrogen and oxygen atoms in total. The van der Waals surface area contributed by atoms with Crippen LogP contribution in [0.15, 0.2) is 36.7 Å². The number of rotatable bonds is 3. The molecule has 0 bridgehead atoms. The molecule has 19 heavy (non-hydrogen) atoms. The smallest absolute Gasteiger partial charge is 0.156 e. The van der Waals surface area contributed by atoms with Gasteiger partial charge in [-0.15, -0.1) is 5.10 Å². The van der Waals surface area contributed by atoms with E-state index in [9.17, 15) is 0 Å². The normalized spacial score (nSPS) is 10.8. The van der Waals surface area contributed by atoms with Gasteiger partial charge in [-0.05, 0) is 6.92 Å². The Bertz CT molecular complexity index is 717. The number of benzene rings is 1.